The van der Waals surface area contributed by atoms with Crippen LogP contribution < -0.4 is 4.74 Å². The zero-order valence-corrected chi connectivity index (χ0v) is 16.0. The molecule has 3 N–H and O–H groups in total. The molecule has 7 heteroatoms. The Bertz CT molecular complexity index is 749. The number of aliphatic hydroxyl groups excluding tert-OH is 2. The molecule has 0 aromatic heterocycles. The summed E-state index contributed by atoms with van der Waals surface area (Å²) in [6.45, 7) is 1.58. The molecule has 2 unspecified atom stereocenters. The first-order valence-electron chi connectivity index (χ1n) is 8.62. The number of benzene rings is 2. The highest BCUT2D eigenvalue weighted by atomic mass is 35.5. The lowest BCUT2D eigenvalue weighted by molar-refractivity contribution is -0.173. The van der Waals surface area contributed by atoms with Gasteiger partial charge >= 0.3 is 0 Å². The molecular formula is C20H24ClFO5. The second-order valence-corrected chi connectivity index (χ2v) is 6.58. The van der Waals surface area contributed by atoms with Crippen molar-refractivity contribution < 1.29 is 29.2 Å². The highest BCUT2D eigenvalue weighted by molar-refractivity contribution is 6.31. The highest BCUT2D eigenvalue weighted by Crippen LogP contribution is 2.29. The number of aliphatic hydroxyl groups is 3. The lowest BCUT2D eigenvalue weighted by Gasteiger charge is -2.25. The second kappa shape index (κ2) is 10.0. The normalized spacial score (nSPS) is 13.6. The quantitative estimate of drug-likeness (QED) is 0.565. The molecule has 0 aliphatic heterocycles. The maximum absolute atomic E-state index is 14.2. The zero-order chi connectivity index (χ0) is 20.0. The van der Waals surface area contributed by atoms with E-state index in [1.54, 1.807) is 30.3 Å². The molecule has 2 aromatic carbocycles. The van der Waals surface area contributed by atoms with Crippen LogP contribution in [0.5, 0.6) is 5.75 Å². The van der Waals surface area contributed by atoms with E-state index in [4.69, 9.17) is 21.1 Å². The summed E-state index contributed by atoms with van der Waals surface area (Å²) in [6, 6.07) is 9.44. The van der Waals surface area contributed by atoms with Gasteiger partial charge in [-0.25, -0.2) is 4.39 Å². The second-order valence-electron chi connectivity index (χ2n) is 6.17. The third kappa shape index (κ3) is 5.64. The number of ether oxygens (including phenoxy) is 2. The van der Waals surface area contributed by atoms with E-state index in [-0.39, 0.29) is 13.0 Å². The fourth-order valence-corrected chi connectivity index (χ4v) is 2.89. The average molecular weight is 399 g/mol. The Kier molecular flexibility index (Phi) is 8.01. The third-order valence-corrected chi connectivity index (χ3v) is 4.68. The summed E-state index contributed by atoms with van der Waals surface area (Å²) < 4.78 is 24.9. The summed E-state index contributed by atoms with van der Waals surface area (Å²) >= 11 is 6.25. The largest absolute Gasteiger partial charge is 0.497 e. The van der Waals surface area contributed by atoms with Crippen LogP contribution >= 0.6 is 11.6 Å². The first-order chi connectivity index (χ1) is 12.9. The number of hydrogen-bond acceptors (Lipinski definition) is 5. The van der Waals surface area contributed by atoms with Gasteiger partial charge in [-0.05, 0) is 35.2 Å². The molecule has 0 saturated heterocycles. The fraction of sp³-hybridized carbons (Fsp3) is 0.400. The van der Waals surface area contributed by atoms with Gasteiger partial charge in [-0.15, -0.1) is 0 Å². The van der Waals surface area contributed by atoms with Crippen LogP contribution in [0.25, 0.3) is 0 Å². The first kappa shape index (κ1) is 21.6. The van der Waals surface area contributed by atoms with Crippen LogP contribution in [0.3, 0.4) is 0 Å². The van der Waals surface area contributed by atoms with Gasteiger partial charge in [-0.3, -0.25) is 0 Å². The molecule has 0 amide bonds. The van der Waals surface area contributed by atoms with Gasteiger partial charge in [0.2, 0.25) is 0 Å². The number of hydrogen-bond donors (Lipinski definition) is 3. The van der Waals surface area contributed by atoms with Crippen molar-refractivity contribution in [1.29, 1.82) is 0 Å². The Morgan fingerprint density at radius 1 is 1.11 bits per heavy atom. The van der Waals surface area contributed by atoms with Crippen molar-refractivity contribution in [2.24, 2.45) is 0 Å². The van der Waals surface area contributed by atoms with Crippen LogP contribution in [0.4, 0.5) is 4.39 Å². The molecule has 2 aromatic rings. The molecule has 27 heavy (non-hydrogen) atoms. The third-order valence-electron chi connectivity index (χ3n) is 4.31. The van der Waals surface area contributed by atoms with E-state index >= 15 is 0 Å². The molecular weight excluding hydrogens is 375 g/mol. The van der Waals surface area contributed by atoms with Crippen LogP contribution in [-0.4, -0.2) is 41.4 Å². The summed E-state index contributed by atoms with van der Waals surface area (Å²) in [5.74, 6) is -0.000263. The van der Waals surface area contributed by atoms with Gasteiger partial charge in [0.25, 0.3) is 0 Å². The lowest BCUT2D eigenvalue weighted by atomic mass is 9.99. The predicted molar refractivity (Wildman–Crippen MR) is 100 cm³/mol. The number of halogens is 2. The van der Waals surface area contributed by atoms with Gasteiger partial charge in [-0.1, -0.05) is 36.7 Å². The van der Waals surface area contributed by atoms with Crippen molar-refractivity contribution in [2.75, 3.05) is 13.7 Å². The van der Waals surface area contributed by atoms with Crippen LogP contribution in [0.1, 0.15) is 36.1 Å². The van der Waals surface area contributed by atoms with E-state index in [2.05, 4.69) is 0 Å². The summed E-state index contributed by atoms with van der Waals surface area (Å²) in [7, 11) is 1.46. The summed E-state index contributed by atoms with van der Waals surface area (Å²) in [6.07, 6.45) is -2.64. The predicted octanol–water partition coefficient (Wildman–Crippen LogP) is 3.22. The van der Waals surface area contributed by atoms with Crippen LogP contribution in [-0.2, 0) is 11.2 Å². The van der Waals surface area contributed by atoms with E-state index in [1.807, 2.05) is 6.92 Å². The smallest absolute Gasteiger partial charge is 0.182 e. The van der Waals surface area contributed by atoms with Crippen molar-refractivity contribution in [3.8, 4) is 5.75 Å². The molecule has 148 valence electrons. The van der Waals surface area contributed by atoms with Gasteiger partial charge in [0, 0.05) is 17.5 Å². The molecule has 0 spiro atoms. The molecule has 0 aliphatic carbocycles. The Morgan fingerprint density at radius 2 is 1.85 bits per heavy atom. The molecule has 2 rings (SSSR count). The zero-order valence-electron chi connectivity index (χ0n) is 15.2. The maximum Gasteiger partial charge on any atom is 0.182 e. The van der Waals surface area contributed by atoms with E-state index < -0.39 is 24.3 Å². The van der Waals surface area contributed by atoms with Gasteiger partial charge in [0.1, 0.15) is 17.7 Å². The Balaban J connectivity index is 2.31. The van der Waals surface area contributed by atoms with Crippen LogP contribution in [0.2, 0.25) is 5.02 Å². The van der Waals surface area contributed by atoms with Crippen molar-refractivity contribution in [3.05, 3.63) is 63.9 Å². The van der Waals surface area contributed by atoms with E-state index in [0.717, 1.165) is 0 Å². The van der Waals surface area contributed by atoms with Crippen molar-refractivity contribution in [1.82, 2.24) is 0 Å². The van der Waals surface area contributed by atoms with Crippen molar-refractivity contribution in [2.45, 2.75) is 38.3 Å². The van der Waals surface area contributed by atoms with Gasteiger partial charge in [0.05, 0.1) is 19.8 Å². The van der Waals surface area contributed by atoms with Crippen LogP contribution in [0, 0.1) is 5.82 Å². The van der Waals surface area contributed by atoms with E-state index in [9.17, 15) is 19.7 Å². The molecule has 0 saturated carbocycles. The topological polar surface area (TPSA) is 79.2 Å². The highest BCUT2D eigenvalue weighted by Gasteiger charge is 2.24. The van der Waals surface area contributed by atoms with Crippen molar-refractivity contribution in [3.63, 3.8) is 0 Å². The average Bonchev–Trinajstić information content (AvgIpc) is 2.66. The first-order valence-corrected chi connectivity index (χ1v) is 9.00. The SMILES string of the molecule is CCC(CO)OC(c1ccc(Cl)c(Cc2ccc(OC)cc2F)c1)C(O)O. The van der Waals surface area contributed by atoms with Gasteiger partial charge in [0.15, 0.2) is 6.29 Å². The van der Waals surface area contributed by atoms with Gasteiger partial charge < -0.3 is 24.8 Å². The fourth-order valence-electron chi connectivity index (χ4n) is 2.71. The summed E-state index contributed by atoms with van der Waals surface area (Å²) in [5, 5.41) is 29.1. The minimum atomic E-state index is -1.78. The minimum Gasteiger partial charge on any atom is -0.497 e. The molecule has 0 aliphatic rings. The standard InChI is InChI=1S/C20H24ClFO5/c1-3-15(11-23)27-19(20(24)25)13-5-7-17(21)14(9-13)8-12-4-6-16(26-2)10-18(12)22/h4-7,9-10,15,19-20,23-25H,3,8,11H2,1-2H3. The Hall–Kier alpha value is -1.70. The number of rotatable bonds is 9. The molecule has 0 radical (unpaired) electrons. The minimum absolute atomic E-state index is 0.216. The Labute approximate surface area is 162 Å². The Morgan fingerprint density at radius 3 is 2.41 bits per heavy atom. The number of methoxy groups -OCH3 is 1. The summed E-state index contributed by atoms with van der Waals surface area (Å²) in [4.78, 5) is 0. The van der Waals surface area contributed by atoms with E-state index in [1.165, 1.54) is 13.2 Å². The molecule has 0 heterocycles. The maximum atomic E-state index is 14.2. The molecule has 0 fully saturated rings. The van der Waals surface area contributed by atoms with E-state index in [0.29, 0.717) is 33.9 Å². The monoisotopic (exact) mass is 398 g/mol. The summed E-state index contributed by atoms with van der Waals surface area (Å²) in [5.41, 5.74) is 1.52. The lowest BCUT2D eigenvalue weighted by Crippen LogP contribution is -2.27. The molecule has 5 nitrogen and oxygen atoms in total. The van der Waals surface area contributed by atoms with Gasteiger partial charge in [-0.2, -0.15) is 0 Å². The van der Waals surface area contributed by atoms with Crippen LogP contribution in [0.15, 0.2) is 36.4 Å². The van der Waals surface area contributed by atoms with Crippen molar-refractivity contribution >= 4 is 11.6 Å². The molecule has 0 bridgehead atoms. The molecule has 2 atom stereocenters.